The summed E-state index contributed by atoms with van der Waals surface area (Å²) in [5, 5.41) is 7.60. The first-order valence-electron chi connectivity index (χ1n) is 13.0. The second-order valence-corrected chi connectivity index (χ2v) is 9.92. The van der Waals surface area contributed by atoms with Crippen molar-refractivity contribution in [2.24, 2.45) is 11.8 Å². The summed E-state index contributed by atoms with van der Waals surface area (Å²) >= 11 is 0. The van der Waals surface area contributed by atoms with Gasteiger partial charge < -0.3 is 19.5 Å². The molecular weight excluding hydrogens is 474 g/mol. The Balaban J connectivity index is 1.94. The van der Waals surface area contributed by atoms with Gasteiger partial charge in [0.1, 0.15) is 11.5 Å². The largest absolute Gasteiger partial charge is 0.496 e. The predicted octanol–water partition coefficient (Wildman–Crippen LogP) is 4.42. The van der Waals surface area contributed by atoms with Gasteiger partial charge in [0.25, 0.3) is 5.91 Å². The van der Waals surface area contributed by atoms with E-state index >= 15 is 0 Å². The number of esters is 1. The fourth-order valence-electron chi connectivity index (χ4n) is 4.94. The number of ether oxygens (including phenoxy) is 3. The SMILES string of the molecule is COC(=O)CCC(=O)[C@@H](NC(=O)c1cc(-c2c(OC)cccc2OC)n(CC(C)C)n1)C1CCCCC1. The Kier molecular flexibility index (Phi) is 10.1. The lowest BCUT2D eigenvalue weighted by molar-refractivity contribution is -0.142. The third-order valence-corrected chi connectivity index (χ3v) is 6.79. The number of hydrogen-bond acceptors (Lipinski definition) is 7. The molecule has 1 aromatic carbocycles. The first kappa shape index (κ1) is 28.2. The second-order valence-electron chi connectivity index (χ2n) is 9.92. The van der Waals surface area contributed by atoms with Crippen molar-refractivity contribution < 1.29 is 28.6 Å². The third kappa shape index (κ3) is 7.11. The molecule has 9 nitrogen and oxygen atoms in total. The lowest BCUT2D eigenvalue weighted by atomic mass is 9.81. The van der Waals surface area contributed by atoms with Crippen molar-refractivity contribution in [2.45, 2.75) is 71.4 Å². The van der Waals surface area contributed by atoms with Crippen LogP contribution < -0.4 is 14.8 Å². The Labute approximate surface area is 218 Å². The molecule has 1 heterocycles. The number of nitrogens with zero attached hydrogens (tertiary/aromatic N) is 2. The lowest BCUT2D eigenvalue weighted by Gasteiger charge is -2.29. The van der Waals surface area contributed by atoms with Crippen LogP contribution in [0.4, 0.5) is 0 Å². The molecule has 0 radical (unpaired) electrons. The number of amides is 1. The normalized spacial score (nSPS) is 14.8. The molecule has 2 aromatic rings. The topological polar surface area (TPSA) is 109 Å². The number of carbonyl (C=O) groups is 3. The van der Waals surface area contributed by atoms with Crippen LogP contribution in [-0.4, -0.2) is 54.8 Å². The van der Waals surface area contributed by atoms with Crippen molar-refractivity contribution in [3.63, 3.8) is 0 Å². The maximum Gasteiger partial charge on any atom is 0.305 e. The summed E-state index contributed by atoms with van der Waals surface area (Å²) in [6, 6.07) is 6.56. The highest BCUT2D eigenvalue weighted by Gasteiger charge is 2.32. The van der Waals surface area contributed by atoms with Gasteiger partial charge in [-0.3, -0.25) is 19.1 Å². The van der Waals surface area contributed by atoms with E-state index in [-0.39, 0.29) is 36.2 Å². The van der Waals surface area contributed by atoms with Crippen LogP contribution >= 0.6 is 0 Å². The molecule has 0 spiro atoms. The van der Waals surface area contributed by atoms with Crippen molar-refractivity contribution in [1.29, 1.82) is 0 Å². The smallest absolute Gasteiger partial charge is 0.305 e. The van der Waals surface area contributed by atoms with E-state index in [9.17, 15) is 14.4 Å². The summed E-state index contributed by atoms with van der Waals surface area (Å²) in [4.78, 5) is 38.3. The van der Waals surface area contributed by atoms with Gasteiger partial charge in [-0.25, -0.2) is 0 Å². The van der Waals surface area contributed by atoms with Gasteiger partial charge in [0.2, 0.25) is 0 Å². The summed E-state index contributed by atoms with van der Waals surface area (Å²) < 4.78 is 17.7. The van der Waals surface area contributed by atoms with Crippen LogP contribution in [0, 0.1) is 11.8 Å². The molecule has 1 aliphatic carbocycles. The minimum Gasteiger partial charge on any atom is -0.496 e. The molecule has 202 valence electrons. The van der Waals surface area contributed by atoms with Crippen LogP contribution in [0.1, 0.15) is 69.3 Å². The van der Waals surface area contributed by atoms with E-state index in [4.69, 9.17) is 14.2 Å². The minimum absolute atomic E-state index is 0.00478. The Hall–Kier alpha value is -3.36. The molecule has 0 aliphatic heterocycles. The quantitative estimate of drug-likeness (QED) is 0.418. The maximum atomic E-state index is 13.5. The van der Waals surface area contributed by atoms with Crippen LogP contribution in [0.15, 0.2) is 24.3 Å². The molecule has 0 saturated heterocycles. The van der Waals surface area contributed by atoms with Crippen molar-refractivity contribution in [2.75, 3.05) is 21.3 Å². The van der Waals surface area contributed by atoms with Crippen LogP contribution in [0.5, 0.6) is 11.5 Å². The first-order chi connectivity index (χ1) is 17.8. The molecule has 1 N–H and O–H groups in total. The predicted molar refractivity (Wildman–Crippen MR) is 140 cm³/mol. The molecule has 1 fully saturated rings. The summed E-state index contributed by atoms with van der Waals surface area (Å²) in [5.41, 5.74) is 1.61. The molecule has 1 amide bonds. The van der Waals surface area contributed by atoms with Crippen molar-refractivity contribution in [3.05, 3.63) is 30.0 Å². The van der Waals surface area contributed by atoms with Crippen molar-refractivity contribution in [1.82, 2.24) is 15.1 Å². The van der Waals surface area contributed by atoms with Gasteiger partial charge in [-0.1, -0.05) is 39.2 Å². The zero-order valence-corrected chi connectivity index (χ0v) is 22.5. The third-order valence-electron chi connectivity index (χ3n) is 6.79. The van der Waals surface area contributed by atoms with Crippen LogP contribution in [-0.2, 0) is 20.9 Å². The summed E-state index contributed by atoms with van der Waals surface area (Å²) in [6.45, 7) is 4.72. The summed E-state index contributed by atoms with van der Waals surface area (Å²) in [5.74, 6) is 0.506. The van der Waals surface area contributed by atoms with Gasteiger partial charge in [0.15, 0.2) is 11.5 Å². The Bertz CT molecular complexity index is 1070. The van der Waals surface area contributed by atoms with E-state index in [2.05, 4.69) is 24.3 Å². The van der Waals surface area contributed by atoms with Gasteiger partial charge >= 0.3 is 5.97 Å². The Morgan fingerprint density at radius 2 is 1.68 bits per heavy atom. The fourth-order valence-corrected chi connectivity index (χ4v) is 4.94. The number of hydrogen-bond donors (Lipinski definition) is 1. The van der Waals surface area contributed by atoms with Crippen molar-refractivity contribution in [3.8, 4) is 22.8 Å². The van der Waals surface area contributed by atoms with Crippen LogP contribution in [0.25, 0.3) is 11.3 Å². The highest BCUT2D eigenvalue weighted by atomic mass is 16.5. The first-order valence-corrected chi connectivity index (χ1v) is 13.0. The number of nitrogens with one attached hydrogen (secondary N) is 1. The Morgan fingerprint density at radius 3 is 2.24 bits per heavy atom. The number of aromatic nitrogens is 2. The number of rotatable bonds is 12. The summed E-state index contributed by atoms with van der Waals surface area (Å²) in [7, 11) is 4.47. The van der Waals surface area contributed by atoms with Gasteiger partial charge in [-0.05, 0) is 42.9 Å². The molecule has 0 bridgehead atoms. The highest BCUT2D eigenvalue weighted by Crippen LogP contribution is 2.39. The van der Waals surface area contributed by atoms with Gasteiger partial charge in [0.05, 0.1) is 45.0 Å². The van der Waals surface area contributed by atoms with Crippen LogP contribution in [0.3, 0.4) is 0 Å². The zero-order valence-electron chi connectivity index (χ0n) is 22.5. The molecule has 1 atom stereocenters. The molecule has 0 unspecified atom stereocenters. The van der Waals surface area contributed by atoms with Crippen LogP contribution in [0.2, 0.25) is 0 Å². The molecule has 9 heteroatoms. The van der Waals surface area contributed by atoms with E-state index in [1.165, 1.54) is 7.11 Å². The maximum absolute atomic E-state index is 13.5. The number of Topliss-reactive ketones (excluding diaryl/α,β-unsaturated/α-hetero) is 1. The van der Waals surface area contributed by atoms with E-state index in [1.807, 2.05) is 18.2 Å². The minimum atomic E-state index is -0.669. The molecule has 1 saturated carbocycles. The molecule has 1 aromatic heterocycles. The standard InChI is InChI=1S/C28H39N3O6/c1-18(2)17-31-21(26-23(35-3)12-9-13-24(26)36-4)16-20(30-31)28(34)29-27(19-10-7-6-8-11-19)22(32)14-15-25(33)37-5/h9,12-13,16,18-19,27H,6-8,10-11,14-15,17H2,1-5H3,(H,29,34)/t27-/m0/s1. The summed E-state index contributed by atoms with van der Waals surface area (Å²) in [6.07, 6.45) is 4.90. The van der Waals surface area contributed by atoms with E-state index in [0.29, 0.717) is 29.3 Å². The molecule has 1 aliphatic rings. The second kappa shape index (κ2) is 13.3. The monoisotopic (exact) mass is 513 g/mol. The van der Waals surface area contributed by atoms with E-state index < -0.39 is 17.9 Å². The number of ketones is 1. The highest BCUT2D eigenvalue weighted by molar-refractivity contribution is 5.98. The number of methoxy groups -OCH3 is 3. The zero-order chi connectivity index (χ0) is 26.9. The van der Waals surface area contributed by atoms with Gasteiger partial charge in [0, 0.05) is 13.0 Å². The molecule has 37 heavy (non-hydrogen) atoms. The molecule has 3 rings (SSSR count). The van der Waals surface area contributed by atoms with Gasteiger partial charge in [-0.2, -0.15) is 5.10 Å². The fraction of sp³-hybridized carbons (Fsp3) is 0.571. The lowest BCUT2D eigenvalue weighted by Crippen LogP contribution is -2.46. The average Bonchev–Trinajstić information content (AvgIpc) is 3.32. The van der Waals surface area contributed by atoms with E-state index in [0.717, 1.165) is 32.1 Å². The Morgan fingerprint density at radius 1 is 1.03 bits per heavy atom. The van der Waals surface area contributed by atoms with E-state index in [1.54, 1.807) is 25.0 Å². The number of carbonyl (C=O) groups excluding carboxylic acids is 3. The molecular formula is C28H39N3O6. The number of benzene rings is 1. The van der Waals surface area contributed by atoms with Crippen molar-refractivity contribution >= 4 is 17.7 Å². The van der Waals surface area contributed by atoms with Gasteiger partial charge in [-0.15, -0.1) is 0 Å². The average molecular weight is 514 g/mol.